The van der Waals surface area contributed by atoms with Gasteiger partial charge in [-0.15, -0.1) is 11.8 Å². The molecule has 1 N–H and O–H groups in total. The molecule has 0 saturated carbocycles. The number of hydrogen-bond donors (Lipinski definition) is 1. The zero-order valence-electron chi connectivity index (χ0n) is 8.32. The summed E-state index contributed by atoms with van der Waals surface area (Å²) in [5.41, 5.74) is 0. The largest absolute Gasteiger partial charge is 0.493 e. The van der Waals surface area contributed by atoms with Crippen LogP contribution in [0.2, 0.25) is 0 Å². The highest BCUT2D eigenvalue weighted by Gasteiger charge is 2.16. The summed E-state index contributed by atoms with van der Waals surface area (Å²) in [6.07, 6.45) is 2.08. The van der Waals surface area contributed by atoms with E-state index in [0.717, 1.165) is 25.4 Å². The van der Waals surface area contributed by atoms with Crippen LogP contribution in [0.1, 0.15) is 0 Å². The Morgan fingerprint density at radius 2 is 2.36 bits per heavy atom. The van der Waals surface area contributed by atoms with Crippen molar-refractivity contribution in [3.8, 4) is 5.75 Å². The second-order valence-electron chi connectivity index (χ2n) is 3.51. The second-order valence-corrected chi connectivity index (χ2v) is 4.39. The van der Waals surface area contributed by atoms with E-state index in [4.69, 9.17) is 4.74 Å². The number of nitrogens with one attached hydrogen (secondary N) is 1. The number of thioether (sulfide) groups is 1. The fourth-order valence-corrected chi connectivity index (χ4v) is 1.82. The quantitative estimate of drug-likeness (QED) is 0.766. The predicted molar refractivity (Wildman–Crippen MR) is 60.1 cm³/mol. The first-order valence-corrected chi connectivity index (χ1v) is 6.08. The summed E-state index contributed by atoms with van der Waals surface area (Å²) in [6, 6.07) is 8.26. The van der Waals surface area contributed by atoms with Crippen LogP contribution >= 0.6 is 11.8 Å². The van der Waals surface area contributed by atoms with Crippen LogP contribution in [-0.2, 0) is 0 Å². The minimum Gasteiger partial charge on any atom is -0.493 e. The lowest BCUT2D eigenvalue weighted by Crippen LogP contribution is -2.45. The highest BCUT2D eigenvalue weighted by atomic mass is 32.2. The topological polar surface area (TPSA) is 21.3 Å². The van der Waals surface area contributed by atoms with Crippen molar-refractivity contribution in [3.63, 3.8) is 0 Å². The number of rotatable bonds is 4. The minimum atomic E-state index is 0.702. The van der Waals surface area contributed by atoms with E-state index in [2.05, 4.69) is 23.7 Å². The Kier molecular flexibility index (Phi) is 3.32. The molecule has 1 fully saturated rings. The first kappa shape index (κ1) is 9.87. The van der Waals surface area contributed by atoms with Crippen molar-refractivity contribution >= 4 is 11.8 Å². The van der Waals surface area contributed by atoms with E-state index in [1.807, 2.05) is 12.1 Å². The zero-order chi connectivity index (χ0) is 9.80. The molecule has 2 nitrogen and oxygen atoms in total. The van der Waals surface area contributed by atoms with Crippen LogP contribution in [0.4, 0.5) is 0 Å². The van der Waals surface area contributed by atoms with E-state index >= 15 is 0 Å². The lowest BCUT2D eigenvalue weighted by Gasteiger charge is -2.26. The standard InChI is InChI=1S/C11H15NOS/c1-14-11-4-2-3-10(5-11)13-8-9-6-12-7-9/h2-5,9,12H,6-8H2,1H3. The van der Waals surface area contributed by atoms with Crippen molar-refractivity contribution in [1.29, 1.82) is 0 Å². The van der Waals surface area contributed by atoms with Crippen LogP contribution < -0.4 is 10.1 Å². The Labute approximate surface area is 89.0 Å². The molecule has 0 radical (unpaired) electrons. The molecule has 1 heterocycles. The van der Waals surface area contributed by atoms with Gasteiger partial charge in [-0.3, -0.25) is 0 Å². The Balaban J connectivity index is 1.87. The van der Waals surface area contributed by atoms with E-state index in [1.54, 1.807) is 11.8 Å². The highest BCUT2D eigenvalue weighted by molar-refractivity contribution is 7.98. The molecule has 1 aromatic rings. The third-order valence-corrected chi connectivity index (χ3v) is 3.12. The van der Waals surface area contributed by atoms with Gasteiger partial charge >= 0.3 is 0 Å². The third kappa shape index (κ3) is 2.42. The fourth-order valence-electron chi connectivity index (χ4n) is 1.37. The van der Waals surface area contributed by atoms with E-state index in [9.17, 15) is 0 Å². The maximum Gasteiger partial charge on any atom is 0.120 e. The summed E-state index contributed by atoms with van der Waals surface area (Å²) in [5.74, 6) is 1.69. The molecule has 2 rings (SSSR count). The molecule has 0 bridgehead atoms. The number of benzene rings is 1. The molecule has 1 saturated heterocycles. The monoisotopic (exact) mass is 209 g/mol. The van der Waals surface area contributed by atoms with E-state index in [1.165, 1.54) is 4.90 Å². The van der Waals surface area contributed by atoms with Crippen LogP contribution in [0.25, 0.3) is 0 Å². The van der Waals surface area contributed by atoms with Crippen molar-refractivity contribution in [1.82, 2.24) is 5.32 Å². The summed E-state index contributed by atoms with van der Waals surface area (Å²) in [7, 11) is 0. The molecule has 0 atom stereocenters. The smallest absolute Gasteiger partial charge is 0.120 e. The van der Waals surface area contributed by atoms with Gasteiger partial charge in [0, 0.05) is 23.9 Å². The molecule has 0 aromatic heterocycles. The van der Waals surface area contributed by atoms with Crippen LogP contribution in [0.15, 0.2) is 29.2 Å². The van der Waals surface area contributed by atoms with Crippen molar-refractivity contribution in [3.05, 3.63) is 24.3 Å². The summed E-state index contributed by atoms with van der Waals surface area (Å²) in [5, 5.41) is 3.24. The summed E-state index contributed by atoms with van der Waals surface area (Å²) in [6.45, 7) is 3.04. The SMILES string of the molecule is CSc1cccc(OCC2CNC2)c1. The molecule has 0 amide bonds. The van der Waals surface area contributed by atoms with Gasteiger partial charge in [0.2, 0.25) is 0 Å². The van der Waals surface area contributed by atoms with Gasteiger partial charge in [-0.05, 0) is 24.5 Å². The van der Waals surface area contributed by atoms with Crippen LogP contribution in [0.5, 0.6) is 5.75 Å². The summed E-state index contributed by atoms with van der Waals surface area (Å²) in [4.78, 5) is 1.26. The van der Waals surface area contributed by atoms with E-state index in [-0.39, 0.29) is 0 Å². The van der Waals surface area contributed by atoms with E-state index in [0.29, 0.717) is 5.92 Å². The summed E-state index contributed by atoms with van der Waals surface area (Å²) < 4.78 is 5.70. The van der Waals surface area contributed by atoms with Crippen molar-refractivity contribution in [2.45, 2.75) is 4.90 Å². The van der Waals surface area contributed by atoms with Gasteiger partial charge in [-0.25, -0.2) is 0 Å². The minimum absolute atomic E-state index is 0.702. The average Bonchev–Trinajstić information content (AvgIpc) is 2.16. The summed E-state index contributed by atoms with van der Waals surface area (Å²) >= 11 is 1.74. The van der Waals surface area contributed by atoms with Crippen LogP contribution in [0, 0.1) is 5.92 Å². The molecule has 14 heavy (non-hydrogen) atoms. The lowest BCUT2D eigenvalue weighted by molar-refractivity contribution is 0.199. The number of ether oxygens (including phenoxy) is 1. The first-order chi connectivity index (χ1) is 6.88. The molecule has 76 valence electrons. The third-order valence-electron chi connectivity index (χ3n) is 2.39. The molecule has 1 aromatic carbocycles. The Morgan fingerprint density at radius 3 is 3.00 bits per heavy atom. The van der Waals surface area contributed by atoms with Gasteiger partial charge in [-0.2, -0.15) is 0 Å². The van der Waals surface area contributed by atoms with E-state index < -0.39 is 0 Å². The lowest BCUT2D eigenvalue weighted by atomic mass is 10.1. The van der Waals surface area contributed by atoms with Crippen LogP contribution in [-0.4, -0.2) is 26.0 Å². The average molecular weight is 209 g/mol. The highest BCUT2D eigenvalue weighted by Crippen LogP contribution is 2.21. The van der Waals surface area contributed by atoms with Gasteiger partial charge in [0.25, 0.3) is 0 Å². The molecular weight excluding hydrogens is 194 g/mol. The van der Waals surface area contributed by atoms with Gasteiger partial charge in [0.1, 0.15) is 5.75 Å². The maximum atomic E-state index is 5.70. The Hall–Kier alpha value is -0.670. The zero-order valence-corrected chi connectivity index (χ0v) is 9.14. The van der Waals surface area contributed by atoms with Crippen molar-refractivity contribution < 1.29 is 4.74 Å². The maximum absolute atomic E-state index is 5.70. The first-order valence-electron chi connectivity index (χ1n) is 4.86. The van der Waals surface area contributed by atoms with Gasteiger partial charge < -0.3 is 10.1 Å². The Bertz CT molecular complexity index is 299. The molecule has 0 unspecified atom stereocenters. The molecule has 0 spiro atoms. The normalized spacial score (nSPS) is 16.4. The fraction of sp³-hybridized carbons (Fsp3) is 0.455. The molecule has 1 aliphatic rings. The van der Waals surface area contributed by atoms with Gasteiger partial charge in [-0.1, -0.05) is 6.07 Å². The van der Waals surface area contributed by atoms with Gasteiger partial charge in [0.15, 0.2) is 0 Å². The predicted octanol–water partition coefficient (Wildman–Crippen LogP) is 2.01. The second kappa shape index (κ2) is 4.71. The molecule has 1 aliphatic heterocycles. The molecule has 0 aliphatic carbocycles. The molecule has 3 heteroatoms. The molecular formula is C11H15NOS. The van der Waals surface area contributed by atoms with Crippen LogP contribution in [0.3, 0.4) is 0 Å². The number of hydrogen-bond acceptors (Lipinski definition) is 3. The van der Waals surface area contributed by atoms with Crippen molar-refractivity contribution in [2.75, 3.05) is 26.0 Å². The van der Waals surface area contributed by atoms with Crippen molar-refractivity contribution in [2.24, 2.45) is 5.92 Å². The Morgan fingerprint density at radius 1 is 1.50 bits per heavy atom. The van der Waals surface area contributed by atoms with Gasteiger partial charge in [0.05, 0.1) is 6.61 Å².